The lowest BCUT2D eigenvalue weighted by Gasteiger charge is -2.26. The molecule has 1 aromatic rings. The lowest BCUT2D eigenvalue weighted by molar-refractivity contribution is 0.492. The average molecular weight is 207 g/mol. The minimum absolute atomic E-state index is 0.0852. The molecule has 0 aliphatic heterocycles. The lowest BCUT2D eigenvalue weighted by Crippen LogP contribution is -2.33. The van der Waals surface area contributed by atoms with Crippen LogP contribution >= 0.6 is 0 Å². The van der Waals surface area contributed by atoms with Crippen molar-refractivity contribution in [1.29, 1.82) is 0 Å². The SMILES string of the molecule is CC(C)(Nc1cncc(NN)n1)C1CC1. The summed E-state index contributed by atoms with van der Waals surface area (Å²) in [5.41, 5.74) is 2.57. The zero-order chi connectivity index (χ0) is 10.9. The quantitative estimate of drug-likeness (QED) is 0.513. The maximum Gasteiger partial charge on any atom is 0.160 e. The van der Waals surface area contributed by atoms with Gasteiger partial charge in [-0.25, -0.2) is 10.8 Å². The number of nitrogens with one attached hydrogen (secondary N) is 2. The predicted molar refractivity (Wildman–Crippen MR) is 60.3 cm³/mol. The van der Waals surface area contributed by atoms with Crippen molar-refractivity contribution in [3.05, 3.63) is 12.4 Å². The van der Waals surface area contributed by atoms with Gasteiger partial charge in [0.05, 0.1) is 12.4 Å². The third-order valence-electron chi connectivity index (χ3n) is 2.83. The van der Waals surface area contributed by atoms with Crippen LogP contribution in [0.2, 0.25) is 0 Å². The van der Waals surface area contributed by atoms with Gasteiger partial charge in [-0.05, 0) is 32.6 Å². The van der Waals surface area contributed by atoms with E-state index < -0.39 is 0 Å². The topological polar surface area (TPSA) is 75.9 Å². The van der Waals surface area contributed by atoms with E-state index in [1.165, 1.54) is 12.8 Å². The summed E-state index contributed by atoms with van der Waals surface area (Å²) < 4.78 is 0. The van der Waals surface area contributed by atoms with E-state index in [2.05, 4.69) is 34.6 Å². The number of rotatable bonds is 4. The molecule has 1 aliphatic rings. The largest absolute Gasteiger partial charge is 0.364 e. The van der Waals surface area contributed by atoms with Gasteiger partial charge in [0, 0.05) is 5.54 Å². The predicted octanol–water partition coefficient (Wildman–Crippen LogP) is 1.36. The van der Waals surface area contributed by atoms with E-state index >= 15 is 0 Å². The number of hydrazine groups is 1. The summed E-state index contributed by atoms with van der Waals surface area (Å²) in [7, 11) is 0. The molecule has 0 amide bonds. The van der Waals surface area contributed by atoms with Crippen LogP contribution in [0.4, 0.5) is 11.6 Å². The maximum atomic E-state index is 5.27. The second kappa shape index (κ2) is 3.66. The van der Waals surface area contributed by atoms with Gasteiger partial charge in [0.15, 0.2) is 5.82 Å². The number of aromatic nitrogens is 2. The Morgan fingerprint density at radius 2 is 2.00 bits per heavy atom. The number of nitrogens with zero attached hydrogens (tertiary/aromatic N) is 2. The first kappa shape index (κ1) is 10.2. The Morgan fingerprint density at radius 3 is 2.60 bits per heavy atom. The van der Waals surface area contributed by atoms with Crippen molar-refractivity contribution < 1.29 is 0 Å². The monoisotopic (exact) mass is 207 g/mol. The third kappa shape index (κ3) is 2.36. The first-order valence-corrected chi connectivity index (χ1v) is 5.18. The van der Waals surface area contributed by atoms with E-state index in [0.717, 1.165) is 11.7 Å². The van der Waals surface area contributed by atoms with Gasteiger partial charge in [-0.1, -0.05) is 0 Å². The molecule has 2 rings (SSSR count). The molecule has 82 valence electrons. The fourth-order valence-electron chi connectivity index (χ4n) is 1.73. The van der Waals surface area contributed by atoms with Crippen molar-refractivity contribution in [1.82, 2.24) is 9.97 Å². The first-order valence-electron chi connectivity index (χ1n) is 5.18. The van der Waals surface area contributed by atoms with E-state index in [4.69, 9.17) is 5.84 Å². The smallest absolute Gasteiger partial charge is 0.160 e. The fraction of sp³-hybridized carbons (Fsp3) is 0.600. The van der Waals surface area contributed by atoms with Crippen LogP contribution < -0.4 is 16.6 Å². The molecular formula is C10H17N5. The molecule has 5 nitrogen and oxygen atoms in total. The number of hydrogen-bond donors (Lipinski definition) is 3. The molecule has 0 saturated heterocycles. The summed E-state index contributed by atoms with van der Waals surface area (Å²) in [4.78, 5) is 8.33. The van der Waals surface area contributed by atoms with Gasteiger partial charge >= 0.3 is 0 Å². The number of hydrogen-bond acceptors (Lipinski definition) is 5. The zero-order valence-corrected chi connectivity index (χ0v) is 9.12. The number of nitrogen functional groups attached to an aromatic ring is 1. The summed E-state index contributed by atoms with van der Waals surface area (Å²) in [6.45, 7) is 4.38. The van der Waals surface area contributed by atoms with Crippen LogP contribution in [0.25, 0.3) is 0 Å². The average Bonchev–Trinajstić information content (AvgIpc) is 3.00. The molecule has 0 bridgehead atoms. The molecule has 0 unspecified atom stereocenters. The molecule has 1 saturated carbocycles. The molecule has 1 fully saturated rings. The Balaban J connectivity index is 2.09. The van der Waals surface area contributed by atoms with Gasteiger partial charge in [0.1, 0.15) is 5.82 Å². The minimum Gasteiger partial charge on any atom is -0.364 e. The Hall–Kier alpha value is -1.36. The van der Waals surface area contributed by atoms with Crippen molar-refractivity contribution in [3.8, 4) is 0 Å². The van der Waals surface area contributed by atoms with E-state index in [-0.39, 0.29) is 5.54 Å². The molecular weight excluding hydrogens is 190 g/mol. The molecule has 0 spiro atoms. The van der Waals surface area contributed by atoms with Gasteiger partial charge in [0.25, 0.3) is 0 Å². The standard InChI is InChI=1S/C10H17N5/c1-10(2,7-3-4-7)14-8-5-12-6-9(13-8)15-11/h5-7H,3-4,11H2,1-2H3,(H2,13,14,15). The van der Waals surface area contributed by atoms with E-state index in [9.17, 15) is 0 Å². The highest BCUT2D eigenvalue weighted by atomic mass is 15.3. The third-order valence-corrected chi connectivity index (χ3v) is 2.83. The molecule has 0 atom stereocenters. The van der Waals surface area contributed by atoms with Gasteiger partial charge < -0.3 is 10.7 Å². The maximum absolute atomic E-state index is 5.27. The van der Waals surface area contributed by atoms with Crippen LogP contribution in [0.3, 0.4) is 0 Å². The summed E-state index contributed by atoms with van der Waals surface area (Å²) in [6.07, 6.45) is 5.89. The van der Waals surface area contributed by atoms with Crippen molar-refractivity contribution in [2.45, 2.75) is 32.2 Å². The van der Waals surface area contributed by atoms with E-state index in [0.29, 0.717) is 5.82 Å². The molecule has 4 N–H and O–H groups in total. The lowest BCUT2D eigenvalue weighted by atomic mass is 9.99. The van der Waals surface area contributed by atoms with Crippen LogP contribution in [-0.4, -0.2) is 15.5 Å². The van der Waals surface area contributed by atoms with Gasteiger partial charge in [-0.15, -0.1) is 0 Å². The first-order chi connectivity index (χ1) is 7.12. The van der Waals surface area contributed by atoms with Crippen LogP contribution in [0, 0.1) is 5.92 Å². The van der Waals surface area contributed by atoms with Gasteiger partial charge in [-0.2, -0.15) is 0 Å². The Morgan fingerprint density at radius 1 is 1.33 bits per heavy atom. The van der Waals surface area contributed by atoms with Crippen LogP contribution in [0.1, 0.15) is 26.7 Å². The van der Waals surface area contributed by atoms with Crippen LogP contribution in [0.15, 0.2) is 12.4 Å². The highest BCUT2D eigenvalue weighted by molar-refractivity contribution is 5.42. The van der Waals surface area contributed by atoms with Crippen molar-refractivity contribution in [2.24, 2.45) is 11.8 Å². The molecule has 1 heterocycles. The minimum atomic E-state index is 0.0852. The summed E-state index contributed by atoms with van der Waals surface area (Å²) >= 11 is 0. The summed E-state index contributed by atoms with van der Waals surface area (Å²) in [5.74, 6) is 7.36. The van der Waals surface area contributed by atoms with Gasteiger partial charge in [-0.3, -0.25) is 4.98 Å². The van der Waals surface area contributed by atoms with Crippen molar-refractivity contribution in [2.75, 3.05) is 10.7 Å². The second-order valence-electron chi connectivity index (χ2n) is 4.55. The molecule has 1 aromatic heterocycles. The van der Waals surface area contributed by atoms with E-state index in [1.807, 2.05) is 0 Å². The Bertz CT molecular complexity index is 345. The Labute approximate surface area is 89.5 Å². The highest BCUT2D eigenvalue weighted by Gasteiger charge is 2.37. The number of nitrogens with two attached hydrogens (primary N) is 1. The molecule has 1 aliphatic carbocycles. The normalized spacial score (nSPS) is 16.2. The van der Waals surface area contributed by atoms with Crippen molar-refractivity contribution in [3.63, 3.8) is 0 Å². The van der Waals surface area contributed by atoms with E-state index in [1.54, 1.807) is 12.4 Å². The highest BCUT2D eigenvalue weighted by Crippen LogP contribution is 2.40. The van der Waals surface area contributed by atoms with Crippen LogP contribution in [0.5, 0.6) is 0 Å². The van der Waals surface area contributed by atoms with Crippen molar-refractivity contribution >= 4 is 11.6 Å². The molecule has 0 radical (unpaired) electrons. The van der Waals surface area contributed by atoms with Gasteiger partial charge in [0.2, 0.25) is 0 Å². The fourth-order valence-corrected chi connectivity index (χ4v) is 1.73. The summed E-state index contributed by atoms with van der Waals surface area (Å²) in [6, 6.07) is 0. The molecule has 5 heteroatoms. The summed E-state index contributed by atoms with van der Waals surface area (Å²) in [5, 5.41) is 3.39. The second-order valence-corrected chi connectivity index (χ2v) is 4.55. The Kier molecular flexibility index (Phi) is 2.48. The molecule has 15 heavy (non-hydrogen) atoms. The molecule has 0 aromatic carbocycles. The number of anilines is 2. The van der Waals surface area contributed by atoms with Crippen LogP contribution in [-0.2, 0) is 0 Å². The zero-order valence-electron chi connectivity index (χ0n) is 9.12.